The van der Waals surface area contributed by atoms with E-state index in [9.17, 15) is 9.59 Å². The van der Waals surface area contributed by atoms with E-state index in [2.05, 4.69) is 5.32 Å². The van der Waals surface area contributed by atoms with Gasteiger partial charge < -0.3 is 20.7 Å². The van der Waals surface area contributed by atoms with Crippen molar-refractivity contribution in [2.45, 2.75) is 83.4 Å². The van der Waals surface area contributed by atoms with Gasteiger partial charge in [0.05, 0.1) is 0 Å². The Balaban J connectivity index is 1.90. The van der Waals surface area contributed by atoms with Gasteiger partial charge in [0.2, 0.25) is 5.91 Å². The average molecular weight is 339 g/mol. The first-order valence-electron chi connectivity index (χ1n) is 9.29. The number of amides is 2. The molecule has 1 saturated carbocycles. The zero-order valence-corrected chi connectivity index (χ0v) is 15.3. The van der Waals surface area contributed by atoms with E-state index in [0.717, 1.165) is 45.2 Å². The summed E-state index contributed by atoms with van der Waals surface area (Å²) in [5.41, 5.74) is 4.74. The van der Waals surface area contributed by atoms with Crippen LogP contribution < -0.4 is 11.1 Å². The Labute approximate surface area is 145 Å². The summed E-state index contributed by atoms with van der Waals surface area (Å²) in [6, 6.07) is 0.696. The van der Waals surface area contributed by atoms with Crippen LogP contribution in [0.2, 0.25) is 0 Å². The number of nitrogens with one attached hydrogen (secondary N) is 1. The van der Waals surface area contributed by atoms with Gasteiger partial charge in [0.25, 0.3) is 0 Å². The quantitative estimate of drug-likeness (QED) is 0.728. The zero-order valence-electron chi connectivity index (χ0n) is 15.3. The molecule has 6 nitrogen and oxygen atoms in total. The number of rotatable bonds is 6. The molecule has 2 rings (SSSR count). The number of ether oxygens (including phenoxy) is 1. The lowest BCUT2D eigenvalue weighted by atomic mass is 9.92. The summed E-state index contributed by atoms with van der Waals surface area (Å²) in [4.78, 5) is 25.3. The predicted octanol–water partition coefficient (Wildman–Crippen LogP) is 2.41. The number of primary amides is 1. The van der Waals surface area contributed by atoms with E-state index in [1.807, 2.05) is 25.7 Å². The molecule has 2 fully saturated rings. The SMILES string of the molecule is CC(C)(C)OC(=O)N1CCCC1C1CCCC1NCCCC(N)=O. The highest BCUT2D eigenvalue weighted by molar-refractivity contribution is 5.73. The second kappa shape index (κ2) is 8.19. The van der Waals surface area contributed by atoms with E-state index in [0.29, 0.717) is 18.4 Å². The van der Waals surface area contributed by atoms with Crippen molar-refractivity contribution >= 4 is 12.0 Å². The van der Waals surface area contributed by atoms with Gasteiger partial charge >= 0.3 is 6.09 Å². The first-order chi connectivity index (χ1) is 11.3. The maximum Gasteiger partial charge on any atom is 0.410 e. The van der Waals surface area contributed by atoms with Gasteiger partial charge in [-0.25, -0.2) is 4.79 Å². The fourth-order valence-electron chi connectivity index (χ4n) is 4.04. The fraction of sp³-hybridized carbons (Fsp3) is 0.889. The van der Waals surface area contributed by atoms with Crippen molar-refractivity contribution in [3.63, 3.8) is 0 Å². The van der Waals surface area contributed by atoms with Crippen LogP contribution in [-0.2, 0) is 9.53 Å². The van der Waals surface area contributed by atoms with Gasteiger partial charge in [0.1, 0.15) is 5.60 Å². The Kier molecular flexibility index (Phi) is 6.49. The van der Waals surface area contributed by atoms with Crippen LogP contribution in [0.4, 0.5) is 4.79 Å². The Bertz CT molecular complexity index is 447. The molecular formula is C18H33N3O3. The van der Waals surface area contributed by atoms with E-state index in [1.54, 1.807) is 0 Å². The first-order valence-corrected chi connectivity index (χ1v) is 9.29. The van der Waals surface area contributed by atoms with Crippen LogP contribution in [0, 0.1) is 5.92 Å². The van der Waals surface area contributed by atoms with Gasteiger partial charge in [0, 0.05) is 25.0 Å². The third-order valence-corrected chi connectivity index (χ3v) is 5.00. The molecule has 6 heteroatoms. The van der Waals surface area contributed by atoms with Crippen molar-refractivity contribution in [3.8, 4) is 0 Å². The molecule has 3 atom stereocenters. The minimum absolute atomic E-state index is 0.177. The highest BCUT2D eigenvalue weighted by Crippen LogP contribution is 2.36. The highest BCUT2D eigenvalue weighted by atomic mass is 16.6. The lowest BCUT2D eigenvalue weighted by molar-refractivity contribution is -0.118. The molecule has 0 aromatic rings. The van der Waals surface area contributed by atoms with Crippen LogP contribution in [0.1, 0.15) is 65.7 Å². The van der Waals surface area contributed by atoms with Gasteiger partial charge in [-0.05, 0) is 65.3 Å². The Morgan fingerprint density at radius 1 is 1.21 bits per heavy atom. The summed E-state index contributed by atoms with van der Waals surface area (Å²) in [5, 5.41) is 3.59. The zero-order chi connectivity index (χ0) is 17.7. The number of hydrogen-bond donors (Lipinski definition) is 2. The largest absolute Gasteiger partial charge is 0.444 e. The van der Waals surface area contributed by atoms with Crippen molar-refractivity contribution in [1.82, 2.24) is 10.2 Å². The molecular weight excluding hydrogens is 306 g/mol. The maximum atomic E-state index is 12.5. The van der Waals surface area contributed by atoms with Crippen LogP contribution in [0.3, 0.4) is 0 Å². The number of carbonyl (C=O) groups is 2. The van der Waals surface area contributed by atoms with Crippen molar-refractivity contribution in [2.75, 3.05) is 13.1 Å². The van der Waals surface area contributed by atoms with Crippen molar-refractivity contribution < 1.29 is 14.3 Å². The van der Waals surface area contributed by atoms with Crippen molar-refractivity contribution in [1.29, 1.82) is 0 Å². The number of likely N-dealkylation sites (tertiary alicyclic amines) is 1. The van der Waals surface area contributed by atoms with Crippen molar-refractivity contribution in [2.24, 2.45) is 11.7 Å². The molecule has 24 heavy (non-hydrogen) atoms. The summed E-state index contributed by atoms with van der Waals surface area (Å²) in [5.74, 6) is 0.236. The molecule has 0 bridgehead atoms. The molecule has 3 unspecified atom stereocenters. The number of hydrogen-bond acceptors (Lipinski definition) is 4. The van der Waals surface area contributed by atoms with Gasteiger partial charge in [-0.3, -0.25) is 4.79 Å². The maximum absolute atomic E-state index is 12.5. The lowest BCUT2D eigenvalue weighted by Gasteiger charge is -2.34. The molecule has 3 N–H and O–H groups in total. The van der Waals surface area contributed by atoms with Crippen LogP contribution in [0.25, 0.3) is 0 Å². The molecule has 0 aromatic heterocycles. The second-order valence-corrected chi connectivity index (χ2v) is 8.11. The van der Waals surface area contributed by atoms with Crippen LogP contribution in [0.5, 0.6) is 0 Å². The molecule has 1 saturated heterocycles. The number of nitrogens with two attached hydrogens (primary N) is 1. The summed E-state index contributed by atoms with van der Waals surface area (Å²) in [6.45, 7) is 7.34. The van der Waals surface area contributed by atoms with Gasteiger partial charge in [-0.2, -0.15) is 0 Å². The van der Waals surface area contributed by atoms with E-state index in [-0.39, 0.29) is 18.0 Å². The normalized spacial score (nSPS) is 27.5. The van der Waals surface area contributed by atoms with Crippen LogP contribution >= 0.6 is 0 Å². The monoisotopic (exact) mass is 339 g/mol. The average Bonchev–Trinajstić information content (AvgIpc) is 3.09. The lowest BCUT2D eigenvalue weighted by Crippen LogP contribution is -2.47. The van der Waals surface area contributed by atoms with Crippen LogP contribution in [0.15, 0.2) is 0 Å². The standard InChI is InChI=1S/C18H33N3O3/c1-18(2,3)24-17(23)21-12-6-9-15(21)13-7-4-8-14(13)20-11-5-10-16(19)22/h13-15,20H,4-12H2,1-3H3,(H2,19,22). The van der Waals surface area contributed by atoms with Gasteiger partial charge in [-0.1, -0.05) is 6.42 Å². The Hall–Kier alpha value is -1.30. The first kappa shape index (κ1) is 19.0. The summed E-state index contributed by atoms with van der Waals surface area (Å²) in [6.07, 6.45) is 6.62. The van der Waals surface area contributed by atoms with E-state index in [4.69, 9.17) is 10.5 Å². The summed E-state index contributed by atoms with van der Waals surface area (Å²) in [7, 11) is 0. The van der Waals surface area contributed by atoms with E-state index < -0.39 is 5.60 Å². The molecule has 2 amide bonds. The molecule has 0 radical (unpaired) electrons. The second-order valence-electron chi connectivity index (χ2n) is 8.11. The number of carbonyl (C=O) groups excluding carboxylic acids is 2. The van der Waals surface area contributed by atoms with E-state index in [1.165, 1.54) is 6.42 Å². The summed E-state index contributed by atoms with van der Waals surface area (Å²) < 4.78 is 5.59. The minimum Gasteiger partial charge on any atom is -0.444 e. The molecule has 138 valence electrons. The molecule has 1 aliphatic heterocycles. The third kappa shape index (κ3) is 5.36. The summed E-state index contributed by atoms with van der Waals surface area (Å²) >= 11 is 0. The molecule has 0 aromatic carbocycles. The number of nitrogens with zero attached hydrogens (tertiary/aromatic N) is 1. The van der Waals surface area contributed by atoms with E-state index >= 15 is 0 Å². The molecule has 2 aliphatic rings. The highest BCUT2D eigenvalue weighted by Gasteiger charge is 2.41. The Morgan fingerprint density at radius 2 is 1.96 bits per heavy atom. The van der Waals surface area contributed by atoms with Gasteiger partial charge in [-0.15, -0.1) is 0 Å². The smallest absolute Gasteiger partial charge is 0.410 e. The van der Waals surface area contributed by atoms with Crippen LogP contribution in [-0.4, -0.2) is 47.7 Å². The molecule has 1 heterocycles. The minimum atomic E-state index is -0.452. The predicted molar refractivity (Wildman–Crippen MR) is 93.5 cm³/mol. The van der Waals surface area contributed by atoms with Gasteiger partial charge in [0.15, 0.2) is 0 Å². The molecule has 1 aliphatic carbocycles. The van der Waals surface area contributed by atoms with Crippen molar-refractivity contribution in [3.05, 3.63) is 0 Å². The molecule has 0 spiro atoms. The fourth-order valence-corrected chi connectivity index (χ4v) is 4.04. The third-order valence-electron chi connectivity index (χ3n) is 5.00. The topological polar surface area (TPSA) is 84.7 Å². The Morgan fingerprint density at radius 3 is 2.62 bits per heavy atom.